The first-order valence-electron chi connectivity index (χ1n) is 16.0. The second kappa shape index (κ2) is 34.8. The van der Waals surface area contributed by atoms with Crippen molar-refractivity contribution in [2.75, 3.05) is 0 Å². The minimum atomic E-state index is 0.391. The van der Waals surface area contributed by atoms with E-state index in [0.29, 0.717) is 5.78 Å². The SMILES string of the molecule is C#CC#CC#CC#CC#CC#CC#CC#CC#CC#CC#CC#CC#CC#CC#CC#CC#CC#CC#CC#CC#CC#CC.CC(=O)CC1CC2CCC1C2. The smallest absolute Gasteiger partial charge is 0.130 e. The first-order valence-corrected chi connectivity index (χ1v) is 16.0. The second-order valence-corrected chi connectivity index (χ2v) is 9.86. The van der Waals surface area contributed by atoms with E-state index in [9.17, 15) is 4.79 Å². The van der Waals surface area contributed by atoms with Crippen LogP contribution in [0.5, 0.6) is 0 Å². The van der Waals surface area contributed by atoms with Crippen LogP contribution in [-0.2, 0) is 4.79 Å². The molecule has 2 aliphatic carbocycles. The average molecular weight is 697 g/mol. The number of hydrogen-bond acceptors (Lipinski definition) is 1. The van der Waals surface area contributed by atoms with Crippen molar-refractivity contribution in [2.24, 2.45) is 17.8 Å². The third-order valence-corrected chi connectivity index (χ3v) is 6.13. The summed E-state index contributed by atoms with van der Waals surface area (Å²) in [6.07, 6.45) is 11.4. The minimum absolute atomic E-state index is 0.391. The van der Waals surface area contributed by atoms with Gasteiger partial charge in [-0.2, -0.15) is 0 Å². The molecule has 0 spiro atoms. The molecule has 2 fully saturated rings. The molecule has 2 aliphatic rings. The highest BCUT2D eigenvalue weighted by Crippen LogP contribution is 2.49. The van der Waals surface area contributed by atoms with Crippen molar-refractivity contribution in [1.29, 1.82) is 0 Å². The first-order chi connectivity index (χ1) is 27.7. The summed E-state index contributed by atoms with van der Waals surface area (Å²) in [5.41, 5.74) is 0. The highest BCUT2D eigenvalue weighted by Gasteiger charge is 2.39. The predicted octanol–water partition coefficient (Wildman–Crippen LogP) is 3.11. The highest BCUT2D eigenvalue weighted by molar-refractivity contribution is 5.75. The van der Waals surface area contributed by atoms with Crippen molar-refractivity contribution in [3.63, 3.8) is 0 Å². The molecule has 0 heterocycles. The van der Waals surface area contributed by atoms with Gasteiger partial charge in [0, 0.05) is 160 Å². The van der Waals surface area contributed by atoms with Crippen LogP contribution in [0.2, 0.25) is 0 Å². The molecule has 0 aromatic carbocycles. The number of rotatable bonds is 2. The van der Waals surface area contributed by atoms with E-state index in [1.54, 1.807) is 13.8 Å². The average Bonchev–Trinajstić information content (AvgIpc) is 3.82. The third-order valence-electron chi connectivity index (χ3n) is 6.13. The lowest BCUT2D eigenvalue weighted by molar-refractivity contribution is -0.118. The van der Waals surface area contributed by atoms with E-state index in [2.05, 4.69) is 255 Å². The zero-order chi connectivity index (χ0) is 40.3. The van der Waals surface area contributed by atoms with Crippen LogP contribution in [0.15, 0.2) is 0 Å². The van der Waals surface area contributed by atoms with Crippen molar-refractivity contribution in [3.8, 4) is 261 Å². The largest absolute Gasteiger partial charge is 0.300 e. The van der Waals surface area contributed by atoms with E-state index in [0.717, 1.165) is 24.2 Å². The van der Waals surface area contributed by atoms with E-state index in [4.69, 9.17) is 6.42 Å². The molecule has 0 N–H and O–H groups in total. The van der Waals surface area contributed by atoms with Crippen molar-refractivity contribution < 1.29 is 4.79 Å². The molecule has 1 nitrogen and oxygen atoms in total. The Hall–Kier alpha value is -10.0. The Bertz CT molecular complexity index is 3030. The van der Waals surface area contributed by atoms with Crippen LogP contribution in [0, 0.1) is 279 Å². The molecule has 3 atom stereocenters. The molecule has 246 valence electrons. The molecule has 1 heteroatoms. The van der Waals surface area contributed by atoms with E-state index in [1.807, 2.05) is 0 Å². The fourth-order valence-corrected chi connectivity index (χ4v) is 4.31. The van der Waals surface area contributed by atoms with Crippen LogP contribution in [0.3, 0.4) is 0 Å². The zero-order valence-electron chi connectivity index (χ0n) is 30.3. The number of Topliss-reactive ketones (excluding diaryl/α,β-unsaturated/α-hetero) is 1. The van der Waals surface area contributed by atoms with Crippen LogP contribution in [0.1, 0.15) is 46.0 Å². The summed E-state index contributed by atoms with van der Waals surface area (Å²) in [6, 6.07) is 0. The Balaban J connectivity index is 0.00000119. The maximum Gasteiger partial charge on any atom is 0.130 e. The van der Waals surface area contributed by atoms with Crippen LogP contribution >= 0.6 is 0 Å². The summed E-state index contributed by atoms with van der Waals surface area (Å²) >= 11 is 0. The summed E-state index contributed by atoms with van der Waals surface area (Å²) in [6.45, 7) is 3.42. The first kappa shape index (κ1) is 44.0. The Morgan fingerprint density at radius 3 is 0.821 bits per heavy atom. The quantitative estimate of drug-likeness (QED) is 0.406. The number of ketones is 1. The van der Waals surface area contributed by atoms with Gasteiger partial charge in [-0.1, -0.05) is 12.3 Å². The summed E-state index contributed by atoms with van der Waals surface area (Å²) in [5, 5.41) is 0. The van der Waals surface area contributed by atoms with Gasteiger partial charge in [0.2, 0.25) is 0 Å². The molecule has 0 aromatic rings. The molecule has 0 aromatic heterocycles. The molecule has 0 saturated heterocycles. The van der Waals surface area contributed by atoms with Gasteiger partial charge in [0.15, 0.2) is 0 Å². The van der Waals surface area contributed by atoms with Crippen LogP contribution < -0.4 is 0 Å². The zero-order valence-corrected chi connectivity index (χ0v) is 30.3. The minimum Gasteiger partial charge on any atom is -0.300 e. The third kappa shape index (κ3) is 29.0. The molecule has 2 rings (SSSR count). The van der Waals surface area contributed by atoms with Crippen molar-refractivity contribution >= 4 is 5.78 Å². The second-order valence-electron chi connectivity index (χ2n) is 9.86. The van der Waals surface area contributed by atoms with Gasteiger partial charge in [-0.15, -0.1) is 6.42 Å². The van der Waals surface area contributed by atoms with E-state index < -0.39 is 0 Å². The van der Waals surface area contributed by atoms with Crippen LogP contribution in [0.25, 0.3) is 0 Å². The van der Waals surface area contributed by atoms with Crippen LogP contribution in [-0.4, -0.2) is 5.78 Å². The number of hydrogen-bond donors (Lipinski definition) is 0. The highest BCUT2D eigenvalue weighted by atomic mass is 16.1. The lowest BCUT2D eigenvalue weighted by atomic mass is 9.85. The molecule has 2 bridgehead atoms. The van der Waals surface area contributed by atoms with Gasteiger partial charge in [-0.3, -0.25) is 0 Å². The van der Waals surface area contributed by atoms with Gasteiger partial charge in [0.25, 0.3) is 0 Å². The molecule has 0 radical (unpaired) electrons. The molecular formula is C55H20O. The number of fused-ring (bicyclic) bond motifs is 2. The lowest BCUT2D eigenvalue weighted by Crippen LogP contribution is -2.13. The van der Waals surface area contributed by atoms with Gasteiger partial charge >= 0.3 is 0 Å². The number of carbonyl (C=O) groups is 1. The molecule has 56 heavy (non-hydrogen) atoms. The number of carbonyl (C=O) groups excluding carboxylic acids is 1. The van der Waals surface area contributed by atoms with E-state index >= 15 is 0 Å². The normalized spacial score (nSPS) is 11.3. The Labute approximate surface area is 334 Å². The van der Waals surface area contributed by atoms with Crippen molar-refractivity contribution in [2.45, 2.75) is 46.0 Å². The molecule has 0 amide bonds. The lowest BCUT2D eigenvalue weighted by Gasteiger charge is -2.19. The van der Waals surface area contributed by atoms with Gasteiger partial charge < -0.3 is 4.79 Å². The van der Waals surface area contributed by atoms with E-state index in [-0.39, 0.29) is 0 Å². The number of terminal acetylenes is 1. The summed E-state index contributed by atoms with van der Waals surface area (Å²) < 4.78 is 0. The van der Waals surface area contributed by atoms with Gasteiger partial charge in [-0.25, -0.2) is 0 Å². The Kier molecular flexibility index (Phi) is 27.4. The molecule has 0 aliphatic heterocycles. The topological polar surface area (TPSA) is 17.1 Å². The Morgan fingerprint density at radius 2 is 0.643 bits per heavy atom. The van der Waals surface area contributed by atoms with Crippen molar-refractivity contribution in [1.82, 2.24) is 0 Å². The van der Waals surface area contributed by atoms with Crippen molar-refractivity contribution in [3.05, 3.63) is 0 Å². The molecule has 3 unspecified atom stereocenters. The van der Waals surface area contributed by atoms with Gasteiger partial charge in [0.05, 0.1) is 0 Å². The van der Waals surface area contributed by atoms with E-state index in [1.165, 1.54) is 25.7 Å². The monoisotopic (exact) mass is 696 g/mol. The maximum absolute atomic E-state index is 10.9. The van der Waals surface area contributed by atoms with Crippen LogP contribution in [0.4, 0.5) is 0 Å². The maximum atomic E-state index is 10.9. The summed E-state index contributed by atoms with van der Waals surface area (Å²) in [5.74, 6) is 110. The van der Waals surface area contributed by atoms with Gasteiger partial charge in [-0.05, 0) is 146 Å². The molecular weight excluding hydrogens is 677 g/mol. The standard InChI is InChI=1S/C45H4.C10H16O/c1-3-5-7-9-11-13-15-17-19-21-23-25-27-29-31-33-35-37-39-41-43-45-44-42-40-38-36-34-32-30-28-26-24-22-20-18-16-14-12-10-8-6-4-2;1-7(11)4-10-6-8-2-3-9(10)5-8/h1H,2H3;8-10H,2-6H2,1H3. The fourth-order valence-electron chi connectivity index (χ4n) is 4.31. The molecule has 2 saturated carbocycles. The predicted molar refractivity (Wildman–Crippen MR) is 222 cm³/mol. The fraction of sp³-hybridized carbons (Fsp3) is 0.182. The Morgan fingerprint density at radius 1 is 0.393 bits per heavy atom. The summed E-state index contributed by atoms with van der Waals surface area (Å²) in [4.78, 5) is 10.9. The summed E-state index contributed by atoms with van der Waals surface area (Å²) in [7, 11) is 0. The van der Waals surface area contributed by atoms with Gasteiger partial charge in [0.1, 0.15) is 5.78 Å².